The van der Waals surface area contributed by atoms with Gasteiger partial charge in [0, 0.05) is 31.9 Å². The highest BCUT2D eigenvalue weighted by molar-refractivity contribution is 5.76. The molecule has 6 heteroatoms. The van der Waals surface area contributed by atoms with E-state index < -0.39 is 12.0 Å². The second kappa shape index (κ2) is 10.9. The molecule has 1 fully saturated rings. The lowest BCUT2D eigenvalue weighted by Gasteiger charge is -2.42. The quantitative estimate of drug-likeness (QED) is 0.512. The third-order valence-corrected chi connectivity index (χ3v) is 6.59. The van der Waals surface area contributed by atoms with Crippen LogP contribution in [0.2, 0.25) is 0 Å². The Bertz CT molecular complexity index is 911. The second-order valence-electron chi connectivity index (χ2n) is 8.89. The van der Waals surface area contributed by atoms with E-state index in [-0.39, 0.29) is 6.10 Å². The molecule has 0 radical (unpaired) electrons. The molecule has 0 saturated carbocycles. The third kappa shape index (κ3) is 5.48. The van der Waals surface area contributed by atoms with Gasteiger partial charge in [-0.1, -0.05) is 43.7 Å². The molecule has 4 rings (SSSR count). The number of aryl methyl sites for hydroxylation is 3. The largest absolute Gasteiger partial charge is 0.480 e. The Morgan fingerprint density at radius 1 is 1.22 bits per heavy atom. The normalized spacial score (nSPS) is 17.3. The van der Waals surface area contributed by atoms with Crippen molar-refractivity contribution in [2.24, 2.45) is 0 Å². The number of benzene rings is 1. The van der Waals surface area contributed by atoms with Crippen LogP contribution in [0.3, 0.4) is 0 Å². The van der Waals surface area contributed by atoms with E-state index >= 15 is 0 Å². The first-order chi connectivity index (χ1) is 15.7. The van der Waals surface area contributed by atoms with Crippen LogP contribution in [0.5, 0.6) is 0 Å². The molecule has 1 aromatic heterocycles. The summed E-state index contributed by atoms with van der Waals surface area (Å²) in [6, 6.07) is 11.7. The van der Waals surface area contributed by atoms with Crippen LogP contribution in [0.25, 0.3) is 0 Å². The van der Waals surface area contributed by atoms with Crippen molar-refractivity contribution >= 4 is 11.8 Å². The lowest BCUT2D eigenvalue weighted by atomic mass is 9.95. The Hall–Kier alpha value is -2.44. The van der Waals surface area contributed by atoms with Gasteiger partial charge in [-0.2, -0.15) is 0 Å². The Kier molecular flexibility index (Phi) is 7.76. The minimum Gasteiger partial charge on any atom is -0.480 e. The van der Waals surface area contributed by atoms with Gasteiger partial charge in [0.25, 0.3) is 0 Å². The zero-order valence-corrected chi connectivity index (χ0v) is 19.1. The van der Waals surface area contributed by atoms with Gasteiger partial charge in [0.2, 0.25) is 0 Å². The van der Waals surface area contributed by atoms with Crippen LogP contribution in [0.15, 0.2) is 36.4 Å². The third-order valence-electron chi connectivity index (χ3n) is 6.59. The van der Waals surface area contributed by atoms with Crippen LogP contribution in [-0.2, 0) is 28.8 Å². The molecule has 2 N–H and O–H groups in total. The van der Waals surface area contributed by atoms with Crippen LogP contribution in [-0.4, -0.2) is 53.3 Å². The van der Waals surface area contributed by atoms with Crippen molar-refractivity contribution in [2.45, 2.75) is 64.0 Å². The summed E-state index contributed by atoms with van der Waals surface area (Å²) in [5, 5.41) is 13.2. The minimum atomic E-state index is -0.782. The predicted octanol–water partition coefficient (Wildman–Crippen LogP) is 4.24. The fourth-order valence-corrected chi connectivity index (χ4v) is 4.74. The summed E-state index contributed by atoms with van der Waals surface area (Å²) in [7, 11) is 0. The zero-order chi connectivity index (χ0) is 22.3. The maximum atomic E-state index is 11.9. The van der Waals surface area contributed by atoms with Gasteiger partial charge in [0.15, 0.2) is 0 Å². The molecule has 2 aliphatic rings. The number of rotatable bonds is 11. The molecule has 0 spiro atoms. The van der Waals surface area contributed by atoms with Crippen molar-refractivity contribution in [3.63, 3.8) is 0 Å². The molecule has 1 aromatic carbocycles. The predicted molar refractivity (Wildman–Crippen MR) is 126 cm³/mol. The average Bonchev–Trinajstić information content (AvgIpc) is 2.79. The molecule has 32 heavy (non-hydrogen) atoms. The lowest BCUT2D eigenvalue weighted by molar-refractivity contribution is -0.151. The van der Waals surface area contributed by atoms with E-state index in [0.717, 1.165) is 68.6 Å². The number of anilines is 1. The number of nitrogens with zero attached hydrogens (tertiary/aromatic N) is 2. The standard InChI is InChI=1S/C26H35N3O3/c1-2-19-9-5-6-12-23(19)24(26(30)31)29-17-22(18-29)32-16-7-3-4-11-21-14-13-20-10-8-15-27-25(20)28-21/h5-6,9,12-14,22,24H,2-4,7-8,10-11,15-18H2,1H3,(H,27,28)(H,30,31)/t24-/m0/s1. The van der Waals surface area contributed by atoms with Crippen LogP contribution >= 0.6 is 0 Å². The first-order valence-corrected chi connectivity index (χ1v) is 12.0. The van der Waals surface area contributed by atoms with E-state index in [4.69, 9.17) is 9.72 Å². The van der Waals surface area contributed by atoms with Crippen molar-refractivity contribution in [2.75, 3.05) is 31.6 Å². The van der Waals surface area contributed by atoms with Gasteiger partial charge in [-0.15, -0.1) is 0 Å². The number of unbranched alkanes of at least 4 members (excludes halogenated alkanes) is 2. The fraction of sp³-hybridized carbons (Fsp3) is 0.538. The summed E-state index contributed by atoms with van der Waals surface area (Å²) < 4.78 is 6.00. The molecular weight excluding hydrogens is 402 g/mol. The number of pyridine rings is 1. The highest BCUT2D eigenvalue weighted by Gasteiger charge is 2.38. The fourth-order valence-electron chi connectivity index (χ4n) is 4.74. The average molecular weight is 438 g/mol. The highest BCUT2D eigenvalue weighted by Crippen LogP contribution is 2.30. The van der Waals surface area contributed by atoms with Crippen molar-refractivity contribution in [1.29, 1.82) is 0 Å². The van der Waals surface area contributed by atoms with Crippen molar-refractivity contribution in [3.05, 3.63) is 58.8 Å². The molecule has 6 nitrogen and oxygen atoms in total. The maximum Gasteiger partial charge on any atom is 0.325 e. The summed E-state index contributed by atoms with van der Waals surface area (Å²) in [5.41, 5.74) is 4.52. The molecule has 0 unspecified atom stereocenters. The van der Waals surface area contributed by atoms with Gasteiger partial charge >= 0.3 is 5.97 Å². The molecule has 3 heterocycles. The molecule has 1 atom stereocenters. The molecule has 2 aliphatic heterocycles. The Balaban J connectivity index is 1.14. The number of hydrogen-bond donors (Lipinski definition) is 2. The van der Waals surface area contributed by atoms with E-state index in [1.54, 1.807) is 0 Å². The Morgan fingerprint density at radius 2 is 2.06 bits per heavy atom. The smallest absolute Gasteiger partial charge is 0.325 e. The van der Waals surface area contributed by atoms with Crippen molar-refractivity contribution in [3.8, 4) is 0 Å². The summed E-state index contributed by atoms with van der Waals surface area (Å²) >= 11 is 0. The molecule has 1 saturated heterocycles. The van der Waals surface area contributed by atoms with Gasteiger partial charge in [-0.25, -0.2) is 4.98 Å². The number of likely N-dealkylation sites (tertiary alicyclic amines) is 1. The van der Waals surface area contributed by atoms with Gasteiger partial charge in [0.05, 0.1) is 6.10 Å². The second-order valence-corrected chi connectivity index (χ2v) is 8.89. The number of aromatic nitrogens is 1. The van der Waals surface area contributed by atoms with Gasteiger partial charge < -0.3 is 15.2 Å². The van der Waals surface area contributed by atoms with Crippen LogP contribution < -0.4 is 5.32 Å². The molecule has 2 aromatic rings. The Morgan fingerprint density at radius 3 is 2.88 bits per heavy atom. The summed E-state index contributed by atoms with van der Waals surface area (Å²) in [6.45, 7) is 5.19. The van der Waals surface area contributed by atoms with Gasteiger partial charge in [-0.3, -0.25) is 9.69 Å². The number of fused-ring (bicyclic) bond motifs is 1. The summed E-state index contributed by atoms with van der Waals surface area (Å²) in [6.07, 6.45) is 7.55. The van der Waals surface area contributed by atoms with Crippen LogP contribution in [0.1, 0.15) is 61.0 Å². The number of nitrogens with one attached hydrogen (secondary N) is 1. The highest BCUT2D eigenvalue weighted by atomic mass is 16.5. The molecular formula is C26H35N3O3. The first kappa shape index (κ1) is 22.7. The van der Waals surface area contributed by atoms with Crippen LogP contribution in [0, 0.1) is 0 Å². The Labute approximate surface area is 191 Å². The van der Waals surface area contributed by atoms with E-state index in [0.29, 0.717) is 13.1 Å². The van der Waals surface area contributed by atoms with E-state index in [1.165, 1.54) is 17.7 Å². The number of aliphatic carboxylic acids is 1. The van der Waals surface area contributed by atoms with Crippen molar-refractivity contribution < 1.29 is 14.6 Å². The molecule has 172 valence electrons. The van der Waals surface area contributed by atoms with Crippen LogP contribution in [0.4, 0.5) is 5.82 Å². The van der Waals surface area contributed by atoms with Gasteiger partial charge in [-0.05, 0) is 61.3 Å². The number of ether oxygens (including phenoxy) is 1. The number of carboxylic acid groups (broad SMARTS) is 1. The van der Waals surface area contributed by atoms with Crippen molar-refractivity contribution in [1.82, 2.24) is 9.88 Å². The summed E-state index contributed by atoms with van der Waals surface area (Å²) in [5.74, 6) is 0.295. The monoisotopic (exact) mass is 437 g/mol. The minimum absolute atomic E-state index is 0.138. The number of carboxylic acids is 1. The van der Waals surface area contributed by atoms with E-state index in [2.05, 4.69) is 24.4 Å². The molecule has 0 bridgehead atoms. The first-order valence-electron chi connectivity index (χ1n) is 12.0. The topological polar surface area (TPSA) is 74.7 Å². The van der Waals surface area contributed by atoms with E-state index in [9.17, 15) is 9.90 Å². The SMILES string of the molecule is CCc1ccccc1[C@@H](C(=O)O)N1CC(OCCCCCc2ccc3c(n2)NCCC3)C1. The molecule has 0 amide bonds. The maximum absolute atomic E-state index is 11.9. The number of carbonyl (C=O) groups is 1. The number of hydrogen-bond acceptors (Lipinski definition) is 5. The lowest BCUT2D eigenvalue weighted by Crippen LogP contribution is -2.55. The summed E-state index contributed by atoms with van der Waals surface area (Å²) in [4.78, 5) is 18.7. The van der Waals surface area contributed by atoms with E-state index in [1.807, 2.05) is 29.2 Å². The van der Waals surface area contributed by atoms with Gasteiger partial charge in [0.1, 0.15) is 11.9 Å². The zero-order valence-electron chi connectivity index (χ0n) is 19.1. The molecule has 0 aliphatic carbocycles.